The van der Waals surface area contributed by atoms with E-state index in [1.165, 1.54) is 37.0 Å². The van der Waals surface area contributed by atoms with Crippen LogP contribution in [0.4, 0.5) is 24.0 Å². The van der Waals surface area contributed by atoms with Gasteiger partial charge < -0.3 is 41.1 Å². The number of aliphatic imine (C=N–C) groups is 3. The number of amides is 10. The molecule has 23 heteroatoms. The number of carbonyl (C=O) groups excluding carboxylic acids is 5. The lowest BCUT2D eigenvalue weighted by molar-refractivity contribution is 0.164. The number of amidine groups is 3. The first-order valence-electron chi connectivity index (χ1n) is 41.2. The molecule has 0 aromatic heterocycles. The molecule has 100 heavy (non-hydrogen) atoms. The van der Waals surface area contributed by atoms with Crippen molar-refractivity contribution >= 4 is 65.4 Å². The molecule has 9 aliphatic rings. The summed E-state index contributed by atoms with van der Waals surface area (Å²) in [6, 6.07) is 0.177. The third-order valence-corrected chi connectivity index (χ3v) is 22.4. The minimum absolute atomic E-state index is 0.00770. The van der Waals surface area contributed by atoms with Crippen molar-refractivity contribution in [2.45, 2.75) is 383 Å². The molecule has 5 N–H and O–H groups in total. The predicted molar refractivity (Wildman–Crippen MR) is 399 cm³/mol. The van der Waals surface area contributed by atoms with Crippen LogP contribution in [0.5, 0.6) is 0 Å². The van der Waals surface area contributed by atoms with E-state index < -0.39 is 12.1 Å². The minimum Gasteiger partial charge on any atom is -0.338 e. The number of urea groups is 5. The Labute approximate surface area is 600 Å². The van der Waals surface area contributed by atoms with Crippen LogP contribution in [-0.4, -0.2) is 160 Å². The summed E-state index contributed by atoms with van der Waals surface area (Å²) >= 11 is 0. The highest BCUT2D eigenvalue weighted by Crippen LogP contribution is 2.31. The van der Waals surface area contributed by atoms with Crippen LogP contribution in [-0.2, 0) is 14.5 Å². The van der Waals surface area contributed by atoms with Gasteiger partial charge in [0.05, 0.1) is 35.3 Å². The Hall–Kier alpha value is -6.03. The Kier molecular flexibility index (Phi) is 35.8. The highest BCUT2D eigenvalue weighted by molar-refractivity contribution is 5.97. The number of hydrogen-bond acceptors (Lipinski definition) is 14. The summed E-state index contributed by atoms with van der Waals surface area (Å²) < 4.78 is 0. The lowest BCUT2D eigenvalue weighted by Crippen LogP contribution is -2.51. The number of oxime groups is 3. The summed E-state index contributed by atoms with van der Waals surface area (Å²) in [5.41, 5.74) is 3.14. The Morgan fingerprint density at radius 3 is 0.770 bits per heavy atom. The molecule has 9 fully saturated rings. The van der Waals surface area contributed by atoms with E-state index in [9.17, 15) is 24.0 Å². The normalized spacial score (nSPS) is 20.7. The molecule has 562 valence electrons. The predicted octanol–water partition coefficient (Wildman–Crippen LogP) is 17.3. The fraction of sp³-hybridized carbons (Fsp3) is 0.857. The summed E-state index contributed by atoms with van der Waals surface area (Å²) in [6.07, 6.45) is 53.5. The van der Waals surface area contributed by atoms with Crippen molar-refractivity contribution in [3.05, 3.63) is 0 Å². The highest BCUT2D eigenvalue weighted by atomic mass is 16.7. The van der Waals surface area contributed by atoms with Gasteiger partial charge in [0.1, 0.15) is 0 Å². The van der Waals surface area contributed by atoms with Gasteiger partial charge in [0.25, 0.3) is 0 Å². The van der Waals surface area contributed by atoms with E-state index in [2.05, 4.69) is 42.1 Å². The van der Waals surface area contributed by atoms with E-state index in [-0.39, 0.29) is 60.9 Å². The second kappa shape index (κ2) is 45.8. The molecule has 23 nitrogen and oxygen atoms in total. The molecule has 0 unspecified atom stereocenters. The van der Waals surface area contributed by atoms with Gasteiger partial charge in [-0.3, -0.25) is 0 Å². The van der Waals surface area contributed by atoms with Crippen molar-refractivity contribution in [2.75, 3.05) is 39.3 Å². The van der Waals surface area contributed by atoms with Gasteiger partial charge in [-0.1, -0.05) is 170 Å². The maximum Gasteiger partial charge on any atom is 0.326 e. The second-order valence-electron chi connectivity index (χ2n) is 30.5. The monoisotopic (exact) mass is 1390 g/mol. The van der Waals surface area contributed by atoms with E-state index in [0.717, 1.165) is 325 Å². The fourth-order valence-electron chi connectivity index (χ4n) is 16.3. The van der Waals surface area contributed by atoms with Crippen molar-refractivity contribution in [1.82, 2.24) is 46.2 Å². The molecule has 10 amide bonds. The Bertz CT molecular complexity index is 2490. The molecule has 0 bridgehead atoms. The lowest BCUT2D eigenvalue weighted by Gasteiger charge is -2.34. The molecule has 0 saturated heterocycles. The quantitative estimate of drug-likeness (QED) is 0.0199. The van der Waals surface area contributed by atoms with Gasteiger partial charge in [-0.25, -0.2) is 58.5 Å². The smallest absolute Gasteiger partial charge is 0.326 e. The maximum atomic E-state index is 14.3. The number of nitrogens with one attached hydrogen (secondary N) is 5. The van der Waals surface area contributed by atoms with Gasteiger partial charge in [-0.2, -0.15) is 0 Å². The highest BCUT2D eigenvalue weighted by Gasteiger charge is 2.36. The summed E-state index contributed by atoms with van der Waals surface area (Å²) in [5.74, 6) is 0. The summed E-state index contributed by atoms with van der Waals surface area (Å²) in [6.45, 7) is 2.60. The van der Waals surface area contributed by atoms with Gasteiger partial charge in [0.2, 0.25) is 0 Å². The van der Waals surface area contributed by atoms with Crippen LogP contribution < -0.4 is 26.6 Å². The van der Waals surface area contributed by atoms with Gasteiger partial charge in [0.15, 0.2) is 0 Å². The zero-order valence-corrected chi connectivity index (χ0v) is 61.6. The molecular weight excluding hydrogens is 1260 g/mol. The van der Waals surface area contributed by atoms with Crippen molar-refractivity contribution in [3.63, 3.8) is 0 Å². The van der Waals surface area contributed by atoms with Crippen molar-refractivity contribution in [1.29, 1.82) is 0 Å². The molecule has 0 heterocycles. The molecule has 0 radical (unpaired) electrons. The van der Waals surface area contributed by atoms with Crippen LogP contribution in [0.25, 0.3) is 0 Å². The van der Waals surface area contributed by atoms with Gasteiger partial charge in [-0.15, -0.1) is 0 Å². The number of imide groups is 1. The van der Waals surface area contributed by atoms with E-state index >= 15 is 0 Å². The molecule has 0 aromatic carbocycles. The molecular formula is C77H131N15O8. The molecule has 9 aliphatic carbocycles. The molecule has 0 aromatic rings. The molecule has 9 rings (SSSR count). The van der Waals surface area contributed by atoms with Gasteiger partial charge in [0, 0.05) is 57.4 Å². The minimum atomic E-state index is -0.416. The zero-order valence-electron chi connectivity index (χ0n) is 61.6. The zero-order chi connectivity index (χ0) is 69.5. The third kappa shape index (κ3) is 27.6. The molecule has 0 aliphatic heterocycles. The Balaban J connectivity index is 0.740. The molecule has 9 saturated carbocycles. The largest absolute Gasteiger partial charge is 0.338 e. The molecule has 0 spiro atoms. The van der Waals surface area contributed by atoms with Crippen molar-refractivity contribution < 1.29 is 38.5 Å². The van der Waals surface area contributed by atoms with Crippen LogP contribution >= 0.6 is 0 Å². The number of rotatable bonds is 30. The second-order valence-corrected chi connectivity index (χ2v) is 30.5. The van der Waals surface area contributed by atoms with Crippen molar-refractivity contribution in [3.8, 4) is 0 Å². The third-order valence-electron chi connectivity index (χ3n) is 22.4. The number of unbranched alkanes of at least 4 members (excludes halogenated alkanes) is 9. The van der Waals surface area contributed by atoms with Crippen molar-refractivity contribution in [2.24, 2.45) is 30.4 Å². The van der Waals surface area contributed by atoms with Crippen LogP contribution in [0.3, 0.4) is 0 Å². The van der Waals surface area contributed by atoms with Crippen LogP contribution in [0, 0.1) is 0 Å². The number of nitrogens with zero attached hydrogens (tertiary/aromatic N) is 10. The van der Waals surface area contributed by atoms with E-state index in [1.807, 2.05) is 0 Å². The summed E-state index contributed by atoms with van der Waals surface area (Å²) in [5, 5.41) is 29.5. The Morgan fingerprint density at radius 1 is 0.280 bits per heavy atom. The average Bonchev–Trinajstić information content (AvgIpc) is 1.31. The maximum absolute atomic E-state index is 14.3. The summed E-state index contributed by atoms with van der Waals surface area (Å²) in [7, 11) is 0. The average molecular weight is 1390 g/mol. The van der Waals surface area contributed by atoms with Crippen LogP contribution in [0.1, 0.15) is 347 Å². The summed E-state index contributed by atoms with van der Waals surface area (Å²) in [4.78, 5) is 111. The standard InChI is InChI=1S/C77H131N15O8/c93-70(78-55-31-1-3-33-57-80-72(95)90(67-49-19-10-20-50-67)75(83-61-37-13-7-14-38-61)98-86-64-43-25-26-44-64)89(60-36-6-5-35-59-82-74(97)92(69-53-23-12-24-54-69)77(85-63-41-17-9-18-42-63)100-88-66-47-29-30-48-66)71(94)79-56-32-2-4-34-58-81-73(96)91(68-51-21-11-22-52-68)76(84-62-39-15-8-16-40-62)99-87-65-45-27-28-46-65/h61-63,67-69H,1-60H2,(H,78,93)(H,79,94)(H,80,95)(H,81,96)(H,82,97). The number of hydrogen-bond donors (Lipinski definition) is 5. The van der Waals surface area contributed by atoms with Gasteiger partial charge >= 0.3 is 48.2 Å². The van der Waals surface area contributed by atoms with Crippen LogP contribution in [0.2, 0.25) is 0 Å². The first kappa shape index (κ1) is 78.1. The van der Waals surface area contributed by atoms with E-state index in [0.29, 0.717) is 57.2 Å². The SMILES string of the molecule is O=C(NCCCCCCNC(=O)N(C(=NC1CCCCC1)ON=C1CCCC1)C1CCCCC1)N(CCCCCCNC(=O)N(C(=NC1CCCCC1)ON=C1CCCC1)C1CCCCC1)C(=O)NCCCCCCNC(=O)N(C(=NC1CCCCC1)ON=C1CCCC1)C1CCCCC1. The first-order valence-corrected chi connectivity index (χ1v) is 41.2. The fourth-order valence-corrected chi connectivity index (χ4v) is 16.3. The first-order chi connectivity index (χ1) is 49.3. The van der Waals surface area contributed by atoms with Crippen LogP contribution in [0.15, 0.2) is 30.4 Å². The van der Waals surface area contributed by atoms with Gasteiger partial charge in [-0.05, 0) is 193 Å². The number of carbonyl (C=O) groups is 5. The van der Waals surface area contributed by atoms with E-state index in [4.69, 9.17) is 29.5 Å². The molecule has 0 atom stereocenters. The Morgan fingerprint density at radius 2 is 0.510 bits per heavy atom. The van der Waals surface area contributed by atoms with E-state index in [1.54, 1.807) is 14.7 Å². The lowest BCUT2D eigenvalue weighted by atomic mass is 9.94. The topological polar surface area (TPSA) is 260 Å².